The first-order valence-electron chi connectivity index (χ1n) is 7.06. The summed E-state index contributed by atoms with van der Waals surface area (Å²) >= 11 is 6.16. The first kappa shape index (κ1) is 16.9. The molecule has 1 aromatic carbocycles. The Bertz CT molecular complexity index is 835. The van der Waals surface area contributed by atoms with Crippen molar-refractivity contribution < 1.29 is 9.47 Å². The summed E-state index contributed by atoms with van der Waals surface area (Å²) in [5.41, 5.74) is 1.21. The Hall–Kier alpha value is -2.45. The molecule has 0 aliphatic rings. The molecule has 1 heterocycles. The van der Waals surface area contributed by atoms with Crippen molar-refractivity contribution in [1.29, 1.82) is 5.26 Å². The Morgan fingerprint density at radius 2 is 1.96 bits per heavy atom. The van der Waals surface area contributed by atoms with E-state index < -0.39 is 5.56 Å². The largest absolute Gasteiger partial charge is 0.493 e. The van der Waals surface area contributed by atoms with Gasteiger partial charge in [0.05, 0.1) is 13.2 Å². The van der Waals surface area contributed by atoms with Gasteiger partial charge in [0.2, 0.25) is 0 Å². The van der Waals surface area contributed by atoms with E-state index >= 15 is 0 Å². The molecule has 2 rings (SSSR count). The van der Waals surface area contributed by atoms with Crippen LogP contribution in [-0.4, -0.2) is 18.2 Å². The normalized spacial score (nSPS) is 10.5. The number of halogens is 1. The van der Waals surface area contributed by atoms with E-state index in [1.165, 1.54) is 7.11 Å². The molecule has 0 fully saturated rings. The van der Waals surface area contributed by atoms with Crippen LogP contribution in [0, 0.1) is 18.3 Å². The zero-order chi connectivity index (χ0) is 17.1. The highest BCUT2D eigenvalue weighted by atomic mass is 35.5. The third-order valence-electron chi connectivity index (χ3n) is 3.16. The van der Waals surface area contributed by atoms with E-state index in [0.717, 1.165) is 0 Å². The van der Waals surface area contributed by atoms with E-state index in [0.29, 0.717) is 33.3 Å². The molecule has 0 bridgehead atoms. The molecule has 0 spiro atoms. The topological polar surface area (TPSA) is 75.1 Å². The van der Waals surface area contributed by atoms with Crippen molar-refractivity contribution in [1.82, 2.24) is 4.98 Å². The van der Waals surface area contributed by atoms with E-state index in [4.69, 9.17) is 21.1 Å². The number of benzene rings is 1. The average molecular weight is 333 g/mol. The van der Waals surface area contributed by atoms with Crippen LogP contribution in [0.1, 0.15) is 25.1 Å². The SMILES string of the molecule is COc1cc(Cl)cc(-c2cc(C)[nH]c(=O)c2C#N)c1OC(C)C. The molecule has 0 amide bonds. The number of hydrogen-bond acceptors (Lipinski definition) is 4. The van der Waals surface area contributed by atoms with Crippen molar-refractivity contribution in [2.75, 3.05) is 7.11 Å². The fraction of sp³-hybridized carbons (Fsp3) is 0.294. The number of H-pyrrole nitrogens is 1. The van der Waals surface area contributed by atoms with Crippen LogP contribution in [0.3, 0.4) is 0 Å². The first-order valence-corrected chi connectivity index (χ1v) is 7.43. The van der Waals surface area contributed by atoms with E-state index in [1.54, 1.807) is 25.1 Å². The van der Waals surface area contributed by atoms with Crippen LogP contribution < -0.4 is 15.0 Å². The molecule has 6 heteroatoms. The summed E-state index contributed by atoms with van der Waals surface area (Å²) < 4.78 is 11.2. The number of nitriles is 1. The molecule has 5 nitrogen and oxygen atoms in total. The number of pyridine rings is 1. The molecule has 0 radical (unpaired) electrons. The summed E-state index contributed by atoms with van der Waals surface area (Å²) in [7, 11) is 1.51. The Kier molecular flexibility index (Phi) is 4.97. The van der Waals surface area contributed by atoms with E-state index in [9.17, 15) is 10.1 Å². The van der Waals surface area contributed by atoms with Crippen LogP contribution in [0.2, 0.25) is 5.02 Å². The van der Waals surface area contributed by atoms with Gasteiger partial charge >= 0.3 is 0 Å². The second-order valence-corrected chi connectivity index (χ2v) is 5.77. The summed E-state index contributed by atoms with van der Waals surface area (Å²) in [5, 5.41) is 9.77. The number of aromatic amines is 1. The van der Waals surface area contributed by atoms with Gasteiger partial charge in [-0.2, -0.15) is 5.26 Å². The van der Waals surface area contributed by atoms with E-state index in [-0.39, 0.29) is 11.7 Å². The highest BCUT2D eigenvalue weighted by molar-refractivity contribution is 6.31. The zero-order valence-corrected chi connectivity index (χ0v) is 14.1. The van der Waals surface area contributed by atoms with Crippen molar-refractivity contribution in [2.24, 2.45) is 0 Å². The number of rotatable bonds is 4. The van der Waals surface area contributed by atoms with Gasteiger partial charge in [-0.15, -0.1) is 0 Å². The minimum atomic E-state index is -0.447. The molecule has 120 valence electrons. The van der Waals surface area contributed by atoms with Crippen molar-refractivity contribution in [3.8, 4) is 28.7 Å². The number of aromatic nitrogens is 1. The van der Waals surface area contributed by atoms with Gasteiger partial charge in [0.15, 0.2) is 11.5 Å². The highest BCUT2D eigenvalue weighted by Gasteiger charge is 2.20. The number of hydrogen-bond donors (Lipinski definition) is 1. The van der Waals surface area contributed by atoms with Gasteiger partial charge < -0.3 is 14.5 Å². The van der Waals surface area contributed by atoms with Crippen molar-refractivity contribution in [3.63, 3.8) is 0 Å². The van der Waals surface area contributed by atoms with Crippen molar-refractivity contribution in [3.05, 3.63) is 44.8 Å². The van der Waals surface area contributed by atoms with Gasteiger partial charge in [-0.25, -0.2) is 0 Å². The first-order chi connectivity index (χ1) is 10.9. The number of nitrogens with one attached hydrogen (secondary N) is 1. The Labute approximate surface area is 139 Å². The van der Waals surface area contributed by atoms with Gasteiger partial charge in [0, 0.05) is 27.9 Å². The molecular formula is C17H17ClN2O3. The van der Waals surface area contributed by atoms with Crippen LogP contribution in [-0.2, 0) is 0 Å². The number of nitrogens with zero attached hydrogens (tertiary/aromatic N) is 1. The molecule has 1 aromatic heterocycles. The maximum absolute atomic E-state index is 12.1. The minimum absolute atomic E-state index is 0.00789. The molecule has 2 aromatic rings. The fourth-order valence-electron chi connectivity index (χ4n) is 2.29. The second kappa shape index (κ2) is 6.76. The Morgan fingerprint density at radius 3 is 2.52 bits per heavy atom. The summed E-state index contributed by atoms with van der Waals surface area (Å²) in [4.78, 5) is 14.7. The van der Waals surface area contributed by atoms with Gasteiger partial charge in [0.1, 0.15) is 11.6 Å². The van der Waals surface area contributed by atoms with E-state index in [1.807, 2.05) is 19.9 Å². The van der Waals surface area contributed by atoms with Crippen molar-refractivity contribution >= 4 is 11.6 Å². The van der Waals surface area contributed by atoms with Gasteiger partial charge in [-0.05, 0) is 32.9 Å². The molecule has 0 saturated carbocycles. The molecule has 0 unspecified atom stereocenters. The van der Waals surface area contributed by atoms with Crippen LogP contribution in [0.15, 0.2) is 23.0 Å². The second-order valence-electron chi connectivity index (χ2n) is 5.33. The number of aryl methyl sites for hydroxylation is 1. The average Bonchev–Trinajstić information content (AvgIpc) is 2.47. The third-order valence-corrected chi connectivity index (χ3v) is 3.38. The minimum Gasteiger partial charge on any atom is -0.493 e. The number of methoxy groups -OCH3 is 1. The molecule has 23 heavy (non-hydrogen) atoms. The van der Waals surface area contributed by atoms with Crippen molar-refractivity contribution in [2.45, 2.75) is 26.9 Å². The summed E-state index contributed by atoms with van der Waals surface area (Å²) in [5.74, 6) is 0.899. The highest BCUT2D eigenvalue weighted by Crippen LogP contribution is 2.42. The smallest absolute Gasteiger partial charge is 0.266 e. The Morgan fingerprint density at radius 1 is 1.26 bits per heavy atom. The van der Waals surface area contributed by atoms with Crippen LogP contribution >= 0.6 is 11.6 Å². The monoisotopic (exact) mass is 332 g/mol. The van der Waals surface area contributed by atoms with Gasteiger partial charge in [-0.3, -0.25) is 4.79 Å². The summed E-state index contributed by atoms with van der Waals surface area (Å²) in [6.45, 7) is 5.51. The molecular weight excluding hydrogens is 316 g/mol. The van der Waals surface area contributed by atoms with Gasteiger partial charge in [-0.1, -0.05) is 11.6 Å². The zero-order valence-electron chi connectivity index (χ0n) is 13.4. The predicted octanol–water partition coefficient (Wildman–Crippen LogP) is 3.67. The van der Waals surface area contributed by atoms with Crippen LogP contribution in [0.25, 0.3) is 11.1 Å². The lowest BCUT2D eigenvalue weighted by Crippen LogP contribution is -2.14. The predicted molar refractivity (Wildman–Crippen MR) is 89.3 cm³/mol. The third kappa shape index (κ3) is 3.49. The maximum atomic E-state index is 12.1. The van der Waals surface area contributed by atoms with E-state index in [2.05, 4.69) is 4.98 Å². The molecule has 0 aliphatic carbocycles. The standard InChI is InChI=1S/C17H17ClN2O3/c1-9(2)23-16-13(6-11(18)7-15(16)22-4)12-5-10(3)20-17(21)14(12)8-19/h5-7,9H,1-4H3,(H,20,21). The lowest BCUT2D eigenvalue weighted by atomic mass is 9.99. The Balaban J connectivity index is 2.85. The fourth-order valence-corrected chi connectivity index (χ4v) is 2.50. The van der Waals surface area contributed by atoms with Gasteiger partial charge in [0.25, 0.3) is 5.56 Å². The molecule has 0 aliphatic heterocycles. The molecule has 0 atom stereocenters. The maximum Gasteiger partial charge on any atom is 0.266 e. The summed E-state index contributed by atoms with van der Waals surface area (Å²) in [6.07, 6.45) is -0.113. The quantitative estimate of drug-likeness (QED) is 0.926. The number of ether oxygens (including phenoxy) is 2. The lowest BCUT2D eigenvalue weighted by Gasteiger charge is -2.18. The lowest BCUT2D eigenvalue weighted by molar-refractivity contribution is 0.231. The summed E-state index contributed by atoms with van der Waals surface area (Å²) in [6, 6.07) is 6.96. The molecule has 1 N–H and O–H groups in total. The molecule has 0 saturated heterocycles. The van der Waals surface area contributed by atoms with Crippen LogP contribution in [0.4, 0.5) is 0 Å². The van der Waals surface area contributed by atoms with Crippen LogP contribution in [0.5, 0.6) is 11.5 Å².